The number of carboxylic acid groups (broad SMARTS) is 1. The van der Waals surface area contributed by atoms with E-state index in [2.05, 4.69) is 62.5 Å². The van der Waals surface area contributed by atoms with Crippen molar-refractivity contribution in [3.8, 4) is 0 Å². The van der Waals surface area contributed by atoms with Gasteiger partial charge < -0.3 is 20.1 Å². The zero-order valence-electron chi connectivity index (χ0n) is 29.1. The van der Waals surface area contributed by atoms with Crippen molar-refractivity contribution in [1.82, 2.24) is 0 Å². The van der Waals surface area contributed by atoms with E-state index in [0.717, 1.165) is 57.8 Å². The number of esters is 1. The van der Waals surface area contributed by atoms with Crippen molar-refractivity contribution in [2.24, 2.45) is 0 Å². The van der Waals surface area contributed by atoms with Crippen LogP contribution in [0.25, 0.3) is 0 Å². The molecule has 1 atom stereocenters. The van der Waals surface area contributed by atoms with Crippen molar-refractivity contribution in [2.75, 3.05) is 13.2 Å². The van der Waals surface area contributed by atoms with Crippen LogP contribution in [0.1, 0.15) is 168 Å². The first-order valence-corrected chi connectivity index (χ1v) is 18.2. The van der Waals surface area contributed by atoms with E-state index in [9.17, 15) is 9.59 Å². The van der Waals surface area contributed by atoms with Crippen LogP contribution >= 0.6 is 0 Å². The summed E-state index contributed by atoms with van der Waals surface area (Å²) in [7, 11) is 0. The number of hydrogen-bond donors (Lipinski definition) is 3. The number of carbonyl (C=O) groups excluding carboxylic acids is 1. The van der Waals surface area contributed by atoms with Gasteiger partial charge in [-0.3, -0.25) is 9.59 Å². The third-order valence-corrected chi connectivity index (χ3v) is 7.33. The van der Waals surface area contributed by atoms with Crippen molar-refractivity contribution in [3.63, 3.8) is 0 Å². The van der Waals surface area contributed by atoms with Gasteiger partial charge in [0.1, 0.15) is 12.7 Å². The fraction of sp³-hybridized carbons (Fsp3) is 0.744. The molecule has 0 aliphatic carbocycles. The lowest BCUT2D eigenvalue weighted by molar-refractivity contribution is -0.147. The quantitative estimate of drug-likeness (QED) is 0.0398. The fourth-order valence-electron chi connectivity index (χ4n) is 4.55. The van der Waals surface area contributed by atoms with E-state index in [1.165, 1.54) is 83.5 Å². The van der Waals surface area contributed by atoms with E-state index in [1.54, 1.807) is 0 Å². The van der Waals surface area contributed by atoms with E-state index in [4.69, 9.17) is 20.1 Å². The molecule has 6 nitrogen and oxygen atoms in total. The van der Waals surface area contributed by atoms with Gasteiger partial charge in [-0.1, -0.05) is 133 Å². The molecule has 0 aromatic carbocycles. The number of unbranched alkanes of at least 4 members (excludes halogenated alkanes) is 16. The number of aliphatic hydroxyl groups is 2. The van der Waals surface area contributed by atoms with Crippen LogP contribution in [0.2, 0.25) is 0 Å². The molecule has 0 aliphatic rings. The van der Waals surface area contributed by atoms with Crippen molar-refractivity contribution >= 4 is 11.9 Å². The van der Waals surface area contributed by atoms with Crippen molar-refractivity contribution in [1.29, 1.82) is 0 Å². The average molecular weight is 635 g/mol. The summed E-state index contributed by atoms with van der Waals surface area (Å²) in [6.45, 7) is 3.90. The smallest absolute Gasteiger partial charge is 0.305 e. The molecule has 0 aliphatic heterocycles. The Bertz CT molecular complexity index is 740. The molecular weight excluding hydrogens is 564 g/mol. The minimum Gasteiger partial charge on any atom is -0.481 e. The minimum absolute atomic E-state index is 0.119. The number of aliphatic carboxylic acids is 1. The topological polar surface area (TPSA) is 104 Å². The Morgan fingerprint density at radius 1 is 0.578 bits per heavy atom. The molecule has 3 N–H and O–H groups in total. The van der Waals surface area contributed by atoms with Gasteiger partial charge in [0.05, 0.1) is 6.61 Å². The maximum Gasteiger partial charge on any atom is 0.305 e. The first kappa shape index (κ1) is 44.9. The van der Waals surface area contributed by atoms with Crippen molar-refractivity contribution in [2.45, 2.75) is 174 Å². The molecule has 0 heterocycles. The molecule has 0 aromatic rings. The summed E-state index contributed by atoms with van der Waals surface area (Å²) in [6, 6.07) is 0. The summed E-state index contributed by atoms with van der Waals surface area (Å²) in [5.41, 5.74) is 0. The molecule has 0 amide bonds. The Kier molecular flexibility index (Phi) is 39.8. The van der Waals surface area contributed by atoms with Crippen LogP contribution in [0.4, 0.5) is 0 Å². The number of allylic oxidation sites excluding steroid dienone is 8. The minimum atomic E-state index is -0.967. The second-order valence-corrected chi connectivity index (χ2v) is 11.8. The number of rotatable bonds is 31. The second kappa shape index (κ2) is 39.8. The largest absolute Gasteiger partial charge is 0.481 e. The number of carbonyl (C=O) groups is 2. The number of hydrogen-bond acceptors (Lipinski definition) is 5. The van der Waals surface area contributed by atoms with E-state index in [0.29, 0.717) is 12.8 Å². The normalized spacial score (nSPS) is 12.4. The van der Waals surface area contributed by atoms with Crippen molar-refractivity contribution < 1.29 is 29.6 Å². The highest BCUT2D eigenvalue weighted by atomic mass is 16.5. The van der Waals surface area contributed by atoms with E-state index < -0.39 is 12.1 Å². The molecule has 0 saturated heterocycles. The van der Waals surface area contributed by atoms with Crippen LogP contribution in [0.15, 0.2) is 48.6 Å². The van der Waals surface area contributed by atoms with E-state index >= 15 is 0 Å². The molecule has 45 heavy (non-hydrogen) atoms. The number of carboxylic acids is 1. The van der Waals surface area contributed by atoms with Crippen LogP contribution in [0, 0.1) is 0 Å². The maximum atomic E-state index is 11.4. The van der Waals surface area contributed by atoms with E-state index in [-0.39, 0.29) is 19.2 Å². The molecule has 0 rings (SSSR count). The molecule has 0 aromatic heterocycles. The predicted octanol–water partition coefficient (Wildman–Crippen LogP) is 10.6. The highest BCUT2D eigenvalue weighted by Gasteiger charge is 2.07. The Balaban J connectivity index is 0. The van der Waals surface area contributed by atoms with Crippen LogP contribution in [0.3, 0.4) is 0 Å². The Labute approximate surface area is 277 Å². The predicted molar refractivity (Wildman–Crippen MR) is 190 cm³/mol. The summed E-state index contributed by atoms with van der Waals surface area (Å²) in [4.78, 5) is 21.7. The Hall–Kier alpha value is -2.18. The molecule has 6 heteroatoms. The molecule has 0 radical (unpaired) electrons. The summed E-state index contributed by atoms with van der Waals surface area (Å²) in [6.07, 6.45) is 43.5. The number of aliphatic hydroxyl groups excluding tert-OH is 2. The first-order valence-electron chi connectivity index (χ1n) is 18.2. The molecule has 0 saturated carbocycles. The first-order chi connectivity index (χ1) is 22.0. The standard InChI is InChI=1S/C21H36O4.C18H34O2/c1-2-3-4-5-6-7-8-9-10-11-12-13-14-15-16-17-21(24)25-19-20(23)18-22;1-2-3-4-5-6-7-8-9-10-11-12-13-14-15-16-17-18(19)20/h3-4,6-7,9-10,20,22-23H,2,5,8,11-19H2,1H3;9-10H,2-8,11-17H2,1H3,(H,19,20)/b4-3-,7-6-,10-9-;10-9-. The van der Waals surface area contributed by atoms with Crippen molar-refractivity contribution in [3.05, 3.63) is 48.6 Å². The zero-order valence-corrected chi connectivity index (χ0v) is 29.1. The van der Waals surface area contributed by atoms with Crippen LogP contribution in [-0.4, -0.2) is 46.6 Å². The van der Waals surface area contributed by atoms with Gasteiger partial charge in [0.15, 0.2) is 0 Å². The molecule has 1 unspecified atom stereocenters. The van der Waals surface area contributed by atoms with Gasteiger partial charge in [0, 0.05) is 12.8 Å². The average Bonchev–Trinajstić information content (AvgIpc) is 3.03. The van der Waals surface area contributed by atoms with Gasteiger partial charge in [-0.15, -0.1) is 0 Å². The molecule has 0 bridgehead atoms. The van der Waals surface area contributed by atoms with E-state index in [1.807, 2.05) is 0 Å². The lowest BCUT2D eigenvalue weighted by Crippen LogP contribution is -2.21. The van der Waals surface area contributed by atoms with Gasteiger partial charge in [0.25, 0.3) is 0 Å². The molecule has 0 fully saturated rings. The summed E-state index contributed by atoms with van der Waals surface area (Å²) < 4.78 is 4.85. The maximum absolute atomic E-state index is 11.4. The third-order valence-electron chi connectivity index (χ3n) is 7.33. The fourth-order valence-corrected chi connectivity index (χ4v) is 4.55. The monoisotopic (exact) mass is 635 g/mol. The lowest BCUT2D eigenvalue weighted by Gasteiger charge is -2.08. The summed E-state index contributed by atoms with van der Waals surface area (Å²) in [5.74, 6) is -0.962. The number of ether oxygens (including phenoxy) is 1. The molecule has 262 valence electrons. The van der Waals surface area contributed by atoms with Gasteiger partial charge in [-0.2, -0.15) is 0 Å². The Morgan fingerprint density at radius 2 is 1.00 bits per heavy atom. The molecule has 0 spiro atoms. The third kappa shape index (κ3) is 44.0. The van der Waals surface area contributed by atoms with Gasteiger partial charge in [-0.25, -0.2) is 0 Å². The highest BCUT2D eigenvalue weighted by Crippen LogP contribution is 2.10. The summed E-state index contributed by atoms with van der Waals surface area (Å²) in [5, 5.41) is 26.2. The van der Waals surface area contributed by atoms with Gasteiger partial charge in [-0.05, 0) is 70.6 Å². The van der Waals surface area contributed by atoms with Gasteiger partial charge in [0.2, 0.25) is 0 Å². The summed E-state index contributed by atoms with van der Waals surface area (Å²) >= 11 is 0. The van der Waals surface area contributed by atoms with Gasteiger partial charge >= 0.3 is 11.9 Å². The second-order valence-electron chi connectivity index (χ2n) is 11.8. The van der Waals surface area contributed by atoms with Crippen LogP contribution < -0.4 is 0 Å². The van der Waals surface area contributed by atoms with Crippen LogP contribution in [-0.2, 0) is 14.3 Å². The lowest BCUT2D eigenvalue weighted by atomic mass is 10.1. The van der Waals surface area contributed by atoms with Crippen LogP contribution in [0.5, 0.6) is 0 Å². The Morgan fingerprint density at radius 3 is 1.49 bits per heavy atom. The zero-order chi connectivity index (χ0) is 33.5. The molecular formula is C39H70O6. The SMILES string of the molecule is CC/C=C\C/C=C\C/C=C\CCCCCCCC(=O)OCC(O)CO.CCCCCCCC/C=C\CCCCCCCC(=O)O. The highest BCUT2D eigenvalue weighted by molar-refractivity contribution is 5.69.